The van der Waals surface area contributed by atoms with Gasteiger partial charge in [0, 0.05) is 19.3 Å². The van der Waals surface area contributed by atoms with Gasteiger partial charge in [0.05, 0.1) is 5.56 Å². The van der Waals surface area contributed by atoms with Gasteiger partial charge in [0.1, 0.15) is 11.9 Å². The molecular weight excluding hydrogens is 203 g/mol. The van der Waals surface area contributed by atoms with Gasteiger partial charge < -0.3 is 4.90 Å². The van der Waals surface area contributed by atoms with Crippen LogP contribution in [0.1, 0.15) is 18.9 Å². The number of anilines is 1. The minimum atomic E-state index is -0.435. The Morgan fingerprint density at radius 2 is 2.25 bits per heavy atom. The first-order valence-electron chi connectivity index (χ1n) is 5.52. The number of benzene rings is 1. The highest BCUT2D eigenvalue weighted by Gasteiger charge is 2.33. The van der Waals surface area contributed by atoms with Crippen LogP contribution < -0.4 is 4.90 Å². The molecule has 1 aliphatic rings. The van der Waals surface area contributed by atoms with Gasteiger partial charge in [-0.3, -0.25) is 0 Å². The Bertz CT molecular complexity index is 436. The molecule has 2 rings (SSSR count). The fraction of sp³-hybridized carbons (Fsp3) is 0.462. The largest absolute Gasteiger partial charge is 0.374 e. The van der Waals surface area contributed by atoms with Crippen molar-refractivity contribution in [1.82, 2.24) is 0 Å². The van der Waals surface area contributed by atoms with Gasteiger partial charge in [-0.05, 0) is 36.5 Å². The lowest BCUT2D eigenvalue weighted by Gasteiger charge is -2.19. The van der Waals surface area contributed by atoms with Crippen LogP contribution >= 0.6 is 0 Å². The van der Waals surface area contributed by atoms with E-state index in [1.165, 1.54) is 18.6 Å². The third-order valence-corrected chi connectivity index (χ3v) is 3.30. The molecule has 2 nitrogen and oxygen atoms in total. The van der Waals surface area contributed by atoms with E-state index in [4.69, 9.17) is 5.26 Å². The summed E-state index contributed by atoms with van der Waals surface area (Å²) in [6.07, 6.45) is 1.27. The number of hydrogen-bond donors (Lipinski definition) is 0. The molecule has 0 saturated heterocycles. The van der Waals surface area contributed by atoms with Crippen molar-refractivity contribution in [1.29, 1.82) is 5.26 Å². The van der Waals surface area contributed by atoms with E-state index in [2.05, 4.69) is 11.8 Å². The van der Waals surface area contributed by atoms with Gasteiger partial charge in [0.15, 0.2) is 0 Å². The van der Waals surface area contributed by atoms with E-state index in [1.807, 2.05) is 13.1 Å². The van der Waals surface area contributed by atoms with Crippen LogP contribution in [-0.2, 0) is 0 Å². The van der Waals surface area contributed by atoms with Gasteiger partial charge in [-0.1, -0.05) is 6.92 Å². The van der Waals surface area contributed by atoms with Crippen molar-refractivity contribution in [2.75, 3.05) is 18.5 Å². The molecule has 1 saturated carbocycles. The van der Waals surface area contributed by atoms with E-state index in [9.17, 15) is 4.39 Å². The lowest BCUT2D eigenvalue weighted by Crippen LogP contribution is -2.20. The fourth-order valence-electron chi connectivity index (χ4n) is 1.94. The van der Waals surface area contributed by atoms with Crippen LogP contribution in [0.15, 0.2) is 18.2 Å². The summed E-state index contributed by atoms with van der Waals surface area (Å²) in [5.74, 6) is 1.10. The van der Waals surface area contributed by atoms with Crippen LogP contribution in [0.5, 0.6) is 0 Å². The molecule has 0 bridgehead atoms. The van der Waals surface area contributed by atoms with Crippen molar-refractivity contribution in [2.45, 2.75) is 13.3 Å². The average Bonchev–Trinajstić information content (AvgIpc) is 2.94. The standard InChI is InChI=1S/C13H15FN2/c1-9-5-11(9)8-16(2)12-4-3-10(7-15)13(14)6-12/h3-4,6,9,11H,5,8H2,1-2H3. The first-order chi connectivity index (χ1) is 7.61. The Balaban J connectivity index is 2.09. The van der Waals surface area contributed by atoms with Crippen molar-refractivity contribution in [3.63, 3.8) is 0 Å². The normalized spacial score (nSPS) is 22.6. The van der Waals surface area contributed by atoms with Crippen LogP contribution in [0.2, 0.25) is 0 Å². The molecular formula is C13H15FN2. The number of nitriles is 1. The maximum Gasteiger partial charge on any atom is 0.143 e. The zero-order valence-electron chi connectivity index (χ0n) is 9.57. The molecule has 1 aromatic rings. The van der Waals surface area contributed by atoms with Gasteiger partial charge >= 0.3 is 0 Å². The van der Waals surface area contributed by atoms with Gasteiger partial charge in [-0.25, -0.2) is 4.39 Å². The monoisotopic (exact) mass is 218 g/mol. The average molecular weight is 218 g/mol. The SMILES string of the molecule is CC1CC1CN(C)c1ccc(C#N)c(F)c1. The molecule has 2 atom stereocenters. The molecule has 0 aromatic heterocycles. The van der Waals surface area contributed by atoms with Crippen molar-refractivity contribution in [3.05, 3.63) is 29.6 Å². The minimum absolute atomic E-state index is 0.108. The molecule has 0 radical (unpaired) electrons. The number of nitrogens with zero attached hydrogens (tertiary/aromatic N) is 2. The van der Waals surface area contributed by atoms with Crippen molar-refractivity contribution >= 4 is 5.69 Å². The van der Waals surface area contributed by atoms with Gasteiger partial charge in [0.25, 0.3) is 0 Å². The van der Waals surface area contributed by atoms with E-state index in [1.54, 1.807) is 6.07 Å². The van der Waals surface area contributed by atoms with Crippen LogP contribution in [0.4, 0.5) is 10.1 Å². The second-order valence-electron chi connectivity index (χ2n) is 4.63. The van der Waals surface area contributed by atoms with Gasteiger partial charge in [-0.15, -0.1) is 0 Å². The minimum Gasteiger partial charge on any atom is -0.374 e. The van der Waals surface area contributed by atoms with Crippen molar-refractivity contribution in [3.8, 4) is 6.07 Å². The predicted molar refractivity (Wildman–Crippen MR) is 61.7 cm³/mol. The summed E-state index contributed by atoms with van der Waals surface area (Å²) < 4.78 is 13.4. The first-order valence-corrected chi connectivity index (χ1v) is 5.52. The molecule has 0 N–H and O–H groups in total. The lowest BCUT2D eigenvalue weighted by molar-refractivity contribution is 0.622. The smallest absolute Gasteiger partial charge is 0.143 e. The molecule has 3 heteroatoms. The molecule has 16 heavy (non-hydrogen) atoms. The molecule has 1 aliphatic carbocycles. The molecule has 0 aliphatic heterocycles. The topological polar surface area (TPSA) is 27.0 Å². The third-order valence-electron chi connectivity index (χ3n) is 3.30. The van der Waals surface area contributed by atoms with Crippen molar-refractivity contribution < 1.29 is 4.39 Å². The zero-order valence-corrected chi connectivity index (χ0v) is 9.57. The molecule has 0 heterocycles. The Morgan fingerprint density at radius 3 is 2.75 bits per heavy atom. The highest BCUT2D eigenvalue weighted by Crippen LogP contribution is 2.38. The first kappa shape index (κ1) is 10.9. The fourth-order valence-corrected chi connectivity index (χ4v) is 1.94. The summed E-state index contributed by atoms with van der Waals surface area (Å²) in [4.78, 5) is 2.05. The predicted octanol–water partition coefficient (Wildman–Crippen LogP) is 2.79. The second kappa shape index (κ2) is 4.13. The summed E-state index contributed by atoms with van der Waals surface area (Å²) in [6.45, 7) is 3.20. The van der Waals surface area contributed by atoms with Crippen LogP contribution in [0, 0.1) is 29.0 Å². The molecule has 1 fully saturated rings. The van der Waals surface area contributed by atoms with E-state index in [0.717, 1.165) is 24.1 Å². The van der Waals surface area contributed by atoms with E-state index in [0.29, 0.717) is 0 Å². The molecule has 2 unspecified atom stereocenters. The Kier molecular flexibility index (Phi) is 2.82. The van der Waals surface area contributed by atoms with Gasteiger partial charge in [0.2, 0.25) is 0 Å². The Hall–Kier alpha value is -1.56. The second-order valence-corrected chi connectivity index (χ2v) is 4.63. The summed E-state index contributed by atoms with van der Waals surface area (Å²) in [5.41, 5.74) is 0.951. The summed E-state index contributed by atoms with van der Waals surface area (Å²) in [6, 6.07) is 6.60. The third kappa shape index (κ3) is 2.16. The number of halogens is 1. The van der Waals surface area contributed by atoms with E-state index >= 15 is 0 Å². The molecule has 84 valence electrons. The summed E-state index contributed by atoms with van der Waals surface area (Å²) in [7, 11) is 1.96. The van der Waals surface area contributed by atoms with E-state index in [-0.39, 0.29) is 5.56 Å². The molecule has 1 aromatic carbocycles. The number of rotatable bonds is 3. The molecule has 0 spiro atoms. The maximum absolute atomic E-state index is 13.4. The van der Waals surface area contributed by atoms with Crippen molar-refractivity contribution in [2.24, 2.45) is 11.8 Å². The highest BCUT2D eigenvalue weighted by molar-refractivity contribution is 5.50. The Morgan fingerprint density at radius 1 is 1.56 bits per heavy atom. The van der Waals surface area contributed by atoms with E-state index < -0.39 is 5.82 Å². The van der Waals surface area contributed by atoms with Crippen LogP contribution in [0.3, 0.4) is 0 Å². The number of hydrogen-bond acceptors (Lipinski definition) is 2. The molecule has 0 amide bonds. The Labute approximate surface area is 95.3 Å². The lowest BCUT2D eigenvalue weighted by atomic mass is 10.2. The highest BCUT2D eigenvalue weighted by atomic mass is 19.1. The zero-order chi connectivity index (χ0) is 11.7. The maximum atomic E-state index is 13.4. The summed E-state index contributed by atoms with van der Waals surface area (Å²) >= 11 is 0. The quantitative estimate of drug-likeness (QED) is 0.780. The van der Waals surface area contributed by atoms with Gasteiger partial charge in [-0.2, -0.15) is 5.26 Å². The van der Waals surface area contributed by atoms with Crippen LogP contribution in [0.25, 0.3) is 0 Å². The summed E-state index contributed by atoms with van der Waals surface area (Å²) in [5, 5.41) is 8.63. The van der Waals surface area contributed by atoms with Crippen LogP contribution in [-0.4, -0.2) is 13.6 Å².